The summed E-state index contributed by atoms with van der Waals surface area (Å²) in [4.78, 5) is 44.8. The Kier molecular flexibility index (Phi) is 5.58. The van der Waals surface area contributed by atoms with Crippen LogP contribution in [-0.2, 0) is 14.4 Å². The molecule has 2 aliphatic heterocycles. The van der Waals surface area contributed by atoms with Gasteiger partial charge < -0.3 is 9.47 Å². The lowest BCUT2D eigenvalue weighted by atomic mass is 9.89. The van der Waals surface area contributed by atoms with Crippen molar-refractivity contribution >= 4 is 28.9 Å². The van der Waals surface area contributed by atoms with Crippen molar-refractivity contribution in [2.75, 3.05) is 24.2 Å². The second-order valence-corrected chi connectivity index (χ2v) is 8.05. The molecule has 5 rings (SSSR count). The Hall–Kier alpha value is -4.44. The summed E-state index contributed by atoms with van der Waals surface area (Å²) in [6.07, 6.45) is -1.08. The van der Waals surface area contributed by atoms with Crippen LogP contribution in [0.25, 0.3) is 0 Å². The quantitative estimate of drug-likeness (QED) is 0.302. The first-order valence-electron chi connectivity index (χ1n) is 10.8. The van der Waals surface area contributed by atoms with E-state index in [-0.39, 0.29) is 11.4 Å². The highest BCUT2D eigenvalue weighted by Gasteiger charge is 2.60. The van der Waals surface area contributed by atoms with Gasteiger partial charge in [0.1, 0.15) is 23.5 Å². The molecule has 2 fully saturated rings. The van der Waals surface area contributed by atoms with E-state index in [9.17, 15) is 19.7 Å². The van der Waals surface area contributed by atoms with E-state index in [4.69, 9.17) is 14.3 Å². The maximum absolute atomic E-state index is 13.7. The zero-order chi connectivity index (χ0) is 24.7. The van der Waals surface area contributed by atoms with Crippen LogP contribution >= 0.6 is 0 Å². The SMILES string of the molecule is COc1ccc(OC)c([C@H]2[C@H]3C(=O)N(c4ccc([N+](=O)[O-])cc4)C(=O)[C@@H]3ON2c2ccccc2)c1. The van der Waals surface area contributed by atoms with Gasteiger partial charge in [-0.2, -0.15) is 0 Å². The lowest BCUT2D eigenvalue weighted by Crippen LogP contribution is -2.37. The van der Waals surface area contributed by atoms with E-state index in [1.54, 1.807) is 23.3 Å². The number of ether oxygens (including phenoxy) is 2. The van der Waals surface area contributed by atoms with Crippen molar-refractivity contribution in [1.29, 1.82) is 0 Å². The van der Waals surface area contributed by atoms with E-state index < -0.39 is 34.8 Å². The molecule has 3 aromatic rings. The number of carbonyl (C=O) groups excluding carboxylic acids is 2. The van der Waals surface area contributed by atoms with Gasteiger partial charge in [-0.05, 0) is 42.5 Å². The molecule has 0 aliphatic carbocycles. The first-order chi connectivity index (χ1) is 16.9. The van der Waals surface area contributed by atoms with Crippen molar-refractivity contribution in [3.8, 4) is 11.5 Å². The fourth-order valence-corrected chi connectivity index (χ4v) is 4.58. The number of nitro groups is 1. The first-order valence-corrected chi connectivity index (χ1v) is 10.8. The van der Waals surface area contributed by atoms with Gasteiger partial charge in [-0.3, -0.25) is 24.5 Å². The number of methoxy groups -OCH3 is 2. The summed E-state index contributed by atoms with van der Waals surface area (Å²) in [6, 6.07) is 19.0. The number of nitrogens with zero attached hydrogens (tertiary/aromatic N) is 3. The van der Waals surface area contributed by atoms with Gasteiger partial charge in [0.2, 0.25) is 5.91 Å². The third kappa shape index (κ3) is 3.64. The number of amides is 2. The second-order valence-electron chi connectivity index (χ2n) is 8.05. The van der Waals surface area contributed by atoms with Gasteiger partial charge >= 0.3 is 0 Å². The van der Waals surface area contributed by atoms with Gasteiger partial charge in [-0.15, -0.1) is 0 Å². The highest BCUT2D eigenvalue weighted by atomic mass is 16.7. The minimum absolute atomic E-state index is 0.140. The maximum Gasteiger partial charge on any atom is 0.269 e. The third-order valence-electron chi connectivity index (χ3n) is 6.20. The third-order valence-corrected chi connectivity index (χ3v) is 6.20. The molecule has 178 valence electrons. The number of hydrogen-bond donors (Lipinski definition) is 0. The molecule has 35 heavy (non-hydrogen) atoms. The van der Waals surface area contributed by atoms with Crippen LogP contribution in [0.1, 0.15) is 11.6 Å². The van der Waals surface area contributed by atoms with E-state index >= 15 is 0 Å². The van der Waals surface area contributed by atoms with E-state index in [1.165, 1.54) is 38.5 Å². The molecule has 0 N–H and O–H groups in total. The molecule has 3 aromatic carbocycles. The Morgan fingerprint density at radius 1 is 0.886 bits per heavy atom. The minimum atomic E-state index is -1.08. The first kappa shape index (κ1) is 22.4. The van der Waals surface area contributed by atoms with E-state index in [1.807, 2.05) is 30.3 Å². The molecule has 10 heteroatoms. The summed E-state index contributed by atoms with van der Waals surface area (Å²) in [7, 11) is 3.06. The number of carbonyl (C=O) groups is 2. The second kappa shape index (κ2) is 8.73. The molecular weight excluding hydrogens is 454 g/mol. The summed E-state index contributed by atoms with van der Waals surface area (Å²) in [5, 5.41) is 12.6. The van der Waals surface area contributed by atoms with Crippen LogP contribution in [0.15, 0.2) is 72.8 Å². The molecule has 2 saturated heterocycles. The van der Waals surface area contributed by atoms with Gasteiger partial charge in [0, 0.05) is 17.7 Å². The van der Waals surface area contributed by atoms with Crippen molar-refractivity contribution in [2.24, 2.45) is 5.92 Å². The van der Waals surface area contributed by atoms with Gasteiger partial charge in [-0.25, -0.2) is 9.96 Å². The average molecular weight is 475 g/mol. The molecule has 10 nitrogen and oxygen atoms in total. The molecule has 0 unspecified atom stereocenters. The van der Waals surface area contributed by atoms with Crippen LogP contribution in [0.4, 0.5) is 17.1 Å². The van der Waals surface area contributed by atoms with E-state index in [2.05, 4.69) is 0 Å². The summed E-state index contributed by atoms with van der Waals surface area (Å²) in [6.45, 7) is 0. The van der Waals surface area contributed by atoms with Crippen LogP contribution in [0.2, 0.25) is 0 Å². The summed E-state index contributed by atoms with van der Waals surface area (Å²) >= 11 is 0. The highest BCUT2D eigenvalue weighted by molar-refractivity contribution is 6.24. The molecule has 0 bridgehead atoms. The Labute approximate surface area is 200 Å². The predicted octanol–water partition coefficient (Wildman–Crippen LogP) is 3.66. The van der Waals surface area contributed by atoms with Crippen molar-refractivity contribution in [3.63, 3.8) is 0 Å². The molecule has 2 amide bonds. The molecule has 2 aliphatic rings. The Balaban J connectivity index is 1.60. The Morgan fingerprint density at radius 3 is 2.23 bits per heavy atom. The van der Waals surface area contributed by atoms with Crippen molar-refractivity contribution in [2.45, 2.75) is 12.1 Å². The largest absolute Gasteiger partial charge is 0.497 e. The normalized spacial score (nSPS) is 21.3. The average Bonchev–Trinajstić information content (AvgIpc) is 3.39. The summed E-state index contributed by atoms with van der Waals surface area (Å²) in [5.74, 6) is -0.837. The number of fused-ring (bicyclic) bond motifs is 1. The fourth-order valence-electron chi connectivity index (χ4n) is 4.58. The fraction of sp³-hybridized carbons (Fsp3) is 0.200. The number of hydrogen-bond acceptors (Lipinski definition) is 8. The lowest BCUT2D eigenvalue weighted by Gasteiger charge is -2.29. The molecule has 0 spiro atoms. The molecule has 0 radical (unpaired) electrons. The standard InChI is InChI=1S/C25H21N3O7/c1-33-18-12-13-20(34-2)19(14-18)22-21-23(35-27(22)16-6-4-3-5-7-16)25(30)26(24(21)29)15-8-10-17(11-9-15)28(31)32/h3-14,21-23H,1-2H3/t21-,22+,23-/m1/s1. The Morgan fingerprint density at radius 2 is 1.60 bits per heavy atom. The van der Waals surface area contributed by atoms with Gasteiger partial charge in [0.15, 0.2) is 6.10 Å². The zero-order valence-electron chi connectivity index (χ0n) is 18.9. The molecule has 0 aromatic heterocycles. The van der Waals surface area contributed by atoms with Crippen LogP contribution in [-0.4, -0.2) is 37.1 Å². The van der Waals surface area contributed by atoms with Crippen LogP contribution in [0, 0.1) is 16.0 Å². The van der Waals surface area contributed by atoms with Crippen LogP contribution in [0.3, 0.4) is 0 Å². The molecule has 3 atom stereocenters. The van der Waals surface area contributed by atoms with Crippen molar-refractivity contribution < 1.29 is 28.8 Å². The van der Waals surface area contributed by atoms with E-state index in [0.717, 1.165) is 4.90 Å². The number of imide groups is 1. The molecular formula is C25H21N3O7. The van der Waals surface area contributed by atoms with E-state index in [0.29, 0.717) is 22.7 Å². The number of non-ortho nitro benzene ring substituents is 1. The number of para-hydroxylation sites is 1. The number of benzene rings is 3. The summed E-state index contributed by atoms with van der Waals surface area (Å²) < 4.78 is 11.0. The summed E-state index contributed by atoms with van der Waals surface area (Å²) in [5.41, 5.74) is 1.39. The van der Waals surface area contributed by atoms with Crippen LogP contribution in [0.5, 0.6) is 11.5 Å². The Bertz CT molecular complexity index is 1300. The van der Waals surface area contributed by atoms with Gasteiger partial charge in [0.05, 0.1) is 30.5 Å². The smallest absolute Gasteiger partial charge is 0.269 e. The van der Waals surface area contributed by atoms with Gasteiger partial charge in [0.25, 0.3) is 11.6 Å². The minimum Gasteiger partial charge on any atom is -0.497 e. The zero-order valence-corrected chi connectivity index (χ0v) is 18.9. The van der Waals surface area contributed by atoms with Crippen molar-refractivity contribution in [3.05, 3.63) is 88.5 Å². The highest BCUT2D eigenvalue weighted by Crippen LogP contribution is 2.50. The molecule has 0 saturated carbocycles. The monoisotopic (exact) mass is 475 g/mol. The van der Waals surface area contributed by atoms with Gasteiger partial charge in [-0.1, -0.05) is 18.2 Å². The predicted molar refractivity (Wildman–Crippen MR) is 125 cm³/mol. The number of nitro benzene ring substituents is 1. The lowest BCUT2D eigenvalue weighted by molar-refractivity contribution is -0.384. The number of rotatable bonds is 6. The number of anilines is 2. The maximum atomic E-state index is 13.7. The van der Waals surface area contributed by atoms with Crippen LogP contribution < -0.4 is 19.4 Å². The van der Waals surface area contributed by atoms with Crippen molar-refractivity contribution in [1.82, 2.24) is 0 Å². The molecule has 2 heterocycles. The topological polar surface area (TPSA) is 111 Å². The number of hydroxylamine groups is 1.